The summed E-state index contributed by atoms with van der Waals surface area (Å²) in [5.74, 6) is 0.861. The topological polar surface area (TPSA) is 80.5 Å². The van der Waals surface area contributed by atoms with Gasteiger partial charge in [0.1, 0.15) is 0 Å². The second-order valence-electron chi connectivity index (χ2n) is 12.9. The van der Waals surface area contributed by atoms with Crippen LogP contribution in [0.1, 0.15) is 86.7 Å². The second-order valence-corrected chi connectivity index (χ2v) is 12.9. The molecular formula is C33H43F2N7O2. The Bertz CT molecular complexity index is 1500. The van der Waals surface area contributed by atoms with Gasteiger partial charge in [-0.25, -0.2) is 8.78 Å². The van der Waals surface area contributed by atoms with Crippen LogP contribution in [0.15, 0.2) is 24.5 Å². The van der Waals surface area contributed by atoms with Crippen LogP contribution in [-0.4, -0.2) is 68.8 Å². The number of aryl methyl sites for hydroxylation is 2. The van der Waals surface area contributed by atoms with E-state index in [1.807, 2.05) is 11.0 Å². The largest absolute Gasteiger partial charge is 0.375 e. The molecule has 2 aromatic heterocycles. The monoisotopic (exact) mass is 607 g/mol. The van der Waals surface area contributed by atoms with Gasteiger partial charge >= 0.3 is 0 Å². The first kappa shape index (κ1) is 29.4. The number of ether oxygens (including phenoxy) is 1. The third-order valence-corrected chi connectivity index (χ3v) is 10.0. The number of amides is 1. The molecule has 3 aromatic rings. The lowest BCUT2D eigenvalue weighted by molar-refractivity contribution is -0.129. The number of hydrogen-bond acceptors (Lipinski definition) is 6. The maximum Gasteiger partial charge on any atom is 0.264 e. The van der Waals surface area contributed by atoms with Gasteiger partial charge in [-0.1, -0.05) is 0 Å². The fraction of sp³-hybridized carbons (Fsp3) is 0.606. The van der Waals surface area contributed by atoms with Gasteiger partial charge in [-0.05, 0) is 87.7 Å². The normalized spacial score (nSPS) is 22.8. The first-order chi connectivity index (χ1) is 21.4. The Morgan fingerprint density at radius 2 is 1.82 bits per heavy atom. The summed E-state index contributed by atoms with van der Waals surface area (Å²) in [6.45, 7) is 5.54. The van der Waals surface area contributed by atoms with Crippen LogP contribution in [0.2, 0.25) is 0 Å². The zero-order valence-corrected chi connectivity index (χ0v) is 25.8. The van der Waals surface area contributed by atoms with E-state index in [4.69, 9.17) is 9.84 Å². The van der Waals surface area contributed by atoms with Crippen LogP contribution in [0.4, 0.5) is 20.3 Å². The van der Waals surface area contributed by atoms with Crippen molar-refractivity contribution in [3.05, 3.63) is 46.9 Å². The average Bonchev–Trinajstić information content (AvgIpc) is 3.64. The third kappa shape index (κ3) is 5.64. The Morgan fingerprint density at radius 3 is 2.52 bits per heavy atom. The van der Waals surface area contributed by atoms with Crippen molar-refractivity contribution in [2.24, 2.45) is 7.05 Å². The van der Waals surface area contributed by atoms with Gasteiger partial charge in [-0.2, -0.15) is 10.2 Å². The quantitative estimate of drug-likeness (QED) is 0.401. The predicted octanol–water partition coefficient (Wildman–Crippen LogP) is 5.46. The zero-order valence-electron chi connectivity index (χ0n) is 25.8. The molecule has 4 aliphatic rings. The molecule has 9 nitrogen and oxygen atoms in total. The molecule has 11 heteroatoms. The number of rotatable bonds is 6. The van der Waals surface area contributed by atoms with Crippen LogP contribution in [0.3, 0.4) is 0 Å². The number of halogens is 2. The molecule has 2 fully saturated rings. The molecule has 1 amide bonds. The minimum atomic E-state index is -2.62. The first-order valence-electron chi connectivity index (χ1n) is 16.3. The SMILES string of the molecule is CC(=O)N1CCc2c(c(N3CCCc4cc(-c5cnn(C)c5)c(C(F)F)cc43)nn2C2CCC(OC3CCNCC3)CC2)C1. The van der Waals surface area contributed by atoms with Crippen LogP contribution in [-0.2, 0) is 36.0 Å². The molecule has 1 saturated carbocycles. The number of alkyl halides is 2. The average molecular weight is 608 g/mol. The van der Waals surface area contributed by atoms with Crippen molar-refractivity contribution in [3.63, 3.8) is 0 Å². The minimum Gasteiger partial charge on any atom is -0.375 e. The summed E-state index contributed by atoms with van der Waals surface area (Å²) in [5.41, 5.74) is 5.32. The molecule has 1 N–H and O–H groups in total. The van der Waals surface area contributed by atoms with Crippen molar-refractivity contribution in [3.8, 4) is 11.1 Å². The molecule has 1 aromatic carbocycles. The molecule has 0 bridgehead atoms. The van der Waals surface area contributed by atoms with E-state index < -0.39 is 6.43 Å². The molecule has 3 aliphatic heterocycles. The summed E-state index contributed by atoms with van der Waals surface area (Å²) in [6, 6.07) is 3.86. The van der Waals surface area contributed by atoms with E-state index in [9.17, 15) is 13.6 Å². The van der Waals surface area contributed by atoms with Crippen LogP contribution in [0.5, 0.6) is 0 Å². The van der Waals surface area contributed by atoms with Gasteiger partial charge in [0.25, 0.3) is 6.43 Å². The fourth-order valence-electron chi connectivity index (χ4n) is 7.71. The van der Waals surface area contributed by atoms with Crippen molar-refractivity contribution in [2.75, 3.05) is 31.1 Å². The highest BCUT2D eigenvalue weighted by Crippen LogP contribution is 2.44. The van der Waals surface area contributed by atoms with E-state index in [0.29, 0.717) is 43.0 Å². The van der Waals surface area contributed by atoms with Crippen molar-refractivity contribution >= 4 is 17.4 Å². The predicted molar refractivity (Wildman–Crippen MR) is 164 cm³/mol. The van der Waals surface area contributed by atoms with Crippen molar-refractivity contribution in [2.45, 2.75) is 95.9 Å². The molecule has 1 aliphatic carbocycles. The lowest BCUT2D eigenvalue weighted by atomic mass is 9.92. The van der Waals surface area contributed by atoms with Gasteiger partial charge in [0, 0.05) is 67.8 Å². The van der Waals surface area contributed by atoms with E-state index in [1.165, 1.54) is 5.69 Å². The highest BCUT2D eigenvalue weighted by molar-refractivity contribution is 5.78. The molecular weight excluding hydrogens is 564 g/mol. The smallest absolute Gasteiger partial charge is 0.264 e. The van der Waals surface area contributed by atoms with Crippen LogP contribution in [0, 0.1) is 0 Å². The first-order valence-corrected chi connectivity index (χ1v) is 16.3. The summed E-state index contributed by atoms with van der Waals surface area (Å²) in [6.07, 6.45) is 10.1. The number of carbonyl (C=O) groups is 1. The second kappa shape index (κ2) is 12.2. The molecule has 5 heterocycles. The highest BCUT2D eigenvalue weighted by Gasteiger charge is 2.35. The van der Waals surface area contributed by atoms with Crippen LogP contribution < -0.4 is 10.2 Å². The number of fused-ring (bicyclic) bond motifs is 2. The number of aromatic nitrogens is 4. The summed E-state index contributed by atoms with van der Waals surface area (Å²) < 4.78 is 39.4. The lowest BCUT2D eigenvalue weighted by Crippen LogP contribution is -2.37. The Balaban J connectivity index is 1.21. The molecule has 236 valence electrons. The van der Waals surface area contributed by atoms with Gasteiger partial charge in [0.05, 0.1) is 31.0 Å². The zero-order chi connectivity index (χ0) is 30.4. The minimum absolute atomic E-state index is 0.00869. The highest BCUT2D eigenvalue weighted by atomic mass is 19.3. The van der Waals surface area contributed by atoms with Gasteiger partial charge < -0.3 is 19.9 Å². The van der Waals surface area contributed by atoms with E-state index in [-0.39, 0.29) is 17.5 Å². The van der Waals surface area contributed by atoms with Crippen molar-refractivity contribution in [1.29, 1.82) is 0 Å². The molecule has 0 unspecified atom stereocenters. The Morgan fingerprint density at radius 1 is 1.05 bits per heavy atom. The summed E-state index contributed by atoms with van der Waals surface area (Å²) in [5, 5.41) is 12.9. The lowest BCUT2D eigenvalue weighted by Gasteiger charge is -2.34. The maximum atomic E-state index is 14.5. The summed E-state index contributed by atoms with van der Waals surface area (Å²) in [7, 11) is 1.80. The maximum absolute atomic E-state index is 14.5. The molecule has 44 heavy (non-hydrogen) atoms. The molecule has 0 radical (unpaired) electrons. The Labute approximate surface area is 257 Å². The number of benzene rings is 1. The standard InChI is InChI=1S/C33H43F2N7O2/c1-21(43)40-15-11-30-29(20-40)33(38-42(30)24-5-7-25(8-6-24)44-26-9-12-36-13-10-26)41-14-3-4-22-16-27(23-18-37-39(2)19-23)28(32(34)35)17-31(22)41/h16-19,24-26,32,36H,3-15,20H2,1-2H3. The molecule has 1 saturated heterocycles. The van der Waals surface area contributed by atoms with E-state index in [0.717, 1.165) is 93.5 Å². The number of piperidine rings is 1. The van der Waals surface area contributed by atoms with E-state index in [1.54, 1.807) is 37.1 Å². The summed E-state index contributed by atoms with van der Waals surface area (Å²) in [4.78, 5) is 16.5. The third-order valence-electron chi connectivity index (χ3n) is 10.0. The number of nitrogens with one attached hydrogen (secondary N) is 1. The molecule has 7 rings (SSSR count). The number of carbonyl (C=O) groups excluding carboxylic acids is 1. The number of hydrogen-bond donors (Lipinski definition) is 1. The van der Waals surface area contributed by atoms with Crippen LogP contribution in [0.25, 0.3) is 11.1 Å². The van der Waals surface area contributed by atoms with E-state index >= 15 is 0 Å². The number of nitrogens with zero attached hydrogens (tertiary/aromatic N) is 6. The van der Waals surface area contributed by atoms with Crippen molar-refractivity contribution in [1.82, 2.24) is 29.8 Å². The number of anilines is 2. The van der Waals surface area contributed by atoms with E-state index in [2.05, 4.69) is 20.0 Å². The fourth-order valence-corrected chi connectivity index (χ4v) is 7.71. The van der Waals surface area contributed by atoms with Crippen molar-refractivity contribution < 1.29 is 18.3 Å². The van der Waals surface area contributed by atoms with Gasteiger partial charge in [0.2, 0.25) is 5.91 Å². The molecule has 0 atom stereocenters. The molecule has 0 spiro atoms. The summed E-state index contributed by atoms with van der Waals surface area (Å²) >= 11 is 0. The Hall–Kier alpha value is -3.31. The van der Waals surface area contributed by atoms with Gasteiger partial charge in [-0.15, -0.1) is 0 Å². The van der Waals surface area contributed by atoms with Gasteiger partial charge in [0.15, 0.2) is 5.82 Å². The van der Waals surface area contributed by atoms with Crippen LogP contribution >= 0.6 is 0 Å². The Kier molecular flexibility index (Phi) is 8.17. The van der Waals surface area contributed by atoms with Gasteiger partial charge in [-0.3, -0.25) is 14.2 Å².